The first kappa shape index (κ1) is 17.5. The minimum absolute atomic E-state index is 0.134. The number of nitrogens with zero attached hydrogens (tertiary/aromatic N) is 1. The Bertz CT molecular complexity index is 644. The van der Waals surface area contributed by atoms with Crippen molar-refractivity contribution in [3.63, 3.8) is 0 Å². The van der Waals surface area contributed by atoms with E-state index in [1.807, 2.05) is 60.7 Å². The lowest BCUT2D eigenvalue weighted by molar-refractivity contribution is -0.121. The lowest BCUT2D eigenvalue weighted by atomic mass is 10.1. The van der Waals surface area contributed by atoms with Crippen LogP contribution in [-0.4, -0.2) is 35.1 Å². The lowest BCUT2D eigenvalue weighted by Crippen LogP contribution is -2.34. The second-order valence-electron chi connectivity index (χ2n) is 5.53. The predicted octanol–water partition coefficient (Wildman–Crippen LogP) is 2.92. The normalized spacial score (nSPS) is 10.2. The Morgan fingerprint density at radius 3 is 2.08 bits per heavy atom. The highest BCUT2D eigenvalue weighted by atomic mass is 16.4. The molecule has 0 unspecified atom stereocenters. The Kier molecular flexibility index (Phi) is 6.83. The van der Waals surface area contributed by atoms with Gasteiger partial charge in [-0.15, -0.1) is 0 Å². The average molecular weight is 326 g/mol. The molecule has 0 aliphatic carbocycles. The van der Waals surface area contributed by atoms with Crippen molar-refractivity contribution in [2.45, 2.75) is 19.4 Å². The molecule has 2 rings (SSSR count). The molecular formula is C19H22N2O3. The number of carbonyl (C=O) groups is 2. The Morgan fingerprint density at radius 1 is 0.917 bits per heavy atom. The molecule has 0 aromatic heterocycles. The summed E-state index contributed by atoms with van der Waals surface area (Å²) in [4.78, 5) is 24.4. The van der Waals surface area contributed by atoms with E-state index in [1.54, 1.807) is 0 Å². The summed E-state index contributed by atoms with van der Waals surface area (Å²) in [7, 11) is 0. The largest absolute Gasteiger partial charge is 0.465 e. The number of nitrogens with one attached hydrogen (secondary N) is 1. The molecule has 5 nitrogen and oxygen atoms in total. The molecule has 2 N–H and O–H groups in total. The third kappa shape index (κ3) is 6.12. The SMILES string of the molecule is O=C(CCN(Cc1ccccc1)C(=O)O)NCCc1ccccc1. The van der Waals surface area contributed by atoms with Crippen molar-refractivity contribution in [2.24, 2.45) is 0 Å². The van der Waals surface area contributed by atoms with E-state index in [2.05, 4.69) is 5.32 Å². The van der Waals surface area contributed by atoms with Gasteiger partial charge < -0.3 is 15.3 Å². The van der Waals surface area contributed by atoms with Gasteiger partial charge in [0.05, 0.1) is 0 Å². The van der Waals surface area contributed by atoms with Crippen molar-refractivity contribution in [3.8, 4) is 0 Å². The summed E-state index contributed by atoms with van der Waals surface area (Å²) in [5.41, 5.74) is 2.07. The fourth-order valence-electron chi connectivity index (χ4n) is 2.36. The van der Waals surface area contributed by atoms with Gasteiger partial charge in [-0.3, -0.25) is 4.79 Å². The maximum atomic E-state index is 11.9. The van der Waals surface area contributed by atoms with E-state index in [1.165, 1.54) is 4.90 Å². The number of rotatable bonds is 8. The molecule has 2 aromatic rings. The van der Waals surface area contributed by atoms with Crippen LogP contribution in [0.3, 0.4) is 0 Å². The molecule has 0 aliphatic heterocycles. The van der Waals surface area contributed by atoms with Gasteiger partial charge in [0.25, 0.3) is 0 Å². The van der Waals surface area contributed by atoms with Gasteiger partial charge >= 0.3 is 6.09 Å². The van der Waals surface area contributed by atoms with E-state index >= 15 is 0 Å². The van der Waals surface area contributed by atoms with E-state index in [0.717, 1.165) is 17.5 Å². The predicted molar refractivity (Wildman–Crippen MR) is 92.6 cm³/mol. The molecule has 2 aromatic carbocycles. The Balaban J connectivity index is 1.73. The van der Waals surface area contributed by atoms with Crippen LogP contribution in [0.4, 0.5) is 4.79 Å². The second-order valence-corrected chi connectivity index (χ2v) is 5.53. The zero-order valence-corrected chi connectivity index (χ0v) is 13.5. The number of hydrogen-bond acceptors (Lipinski definition) is 2. The van der Waals surface area contributed by atoms with Gasteiger partial charge in [-0.25, -0.2) is 4.79 Å². The minimum Gasteiger partial charge on any atom is -0.465 e. The van der Waals surface area contributed by atoms with Gasteiger partial charge in [-0.1, -0.05) is 60.7 Å². The van der Waals surface area contributed by atoms with Crippen LogP contribution in [0.1, 0.15) is 17.5 Å². The van der Waals surface area contributed by atoms with Crippen molar-refractivity contribution in [1.82, 2.24) is 10.2 Å². The van der Waals surface area contributed by atoms with Crippen LogP contribution < -0.4 is 5.32 Å². The first-order valence-electron chi connectivity index (χ1n) is 7.97. The Hall–Kier alpha value is -2.82. The highest BCUT2D eigenvalue weighted by Crippen LogP contribution is 2.05. The molecule has 0 spiro atoms. The van der Waals surface area contributed by atoms with E-state index in [4.69, 9.17) is 0 Å². The van der Waals surface area contributed by atoms with E-state index in [9.17, 15) is 14.7 Å². The van der Waals surface area contributed by atoms with Crippen LogP contribution in [0, 0.1) is 0 Å². The lowest BCUT2D eigenvalue weighted by Gasteiger charge is -2.19. The summed E-state index contributed by atoms with van der Waals surface area (Å²) < 4.78 is 0. The second kappa shape index (κ2) is 9.35. The highest BCUT2D eigenvalue weighted by Gasteiger charge is 2.13. The van der Waals surface area contributed by atoms with Crippen molar-refractivity contribution < 1.29 is 14.7 Å². The summed E-state index contributed by atoms with van der Waals surface area (Å²) in [5, 5.41) is 12.1. The number of carboxylic acid groups (broad SMARTS) is 1. The zero-order valence-electron chi connectivity index (χ0n) is 13.5. The molecule has 0 saturated carbocycles. The molecule has 24 heavy (non-hydrogen) atoms. The highest BCUT2D eigenvalue weighted by molar-refractivity contribution is 5.76. The quantitative estimate of drug-likeness (QED) is 0.783. The summed E-state index contributed by atoms with van der Waals surface area (Å²) in [6.07, 6.45) is -0.0939. The number of hydrogen-bond donors (Lipinski definition) is 2. The zero-order chi connectivity index (χ0) is 17.2. The first-order chi connectivity index (χ1) is 11.6. The molecule has 0 aliphatic rings. The summed E-state index contributed by atoms with van der Waals surface area (Å²) in [6, 6.07) is 19.3. The number of carbonyl (C=O) groups excluding carboxylic acids is 1. The summed E-state index contributed by atoms with van der Waals surface area (Å²) >= 11 is 0. The third-order valence-electron chi connectivity index (χ3n) is 3.67. The van der Waals surface area contributed by atoms with Crippen molar-refractivity contribution >= 4 is 12.0 Å². The molecular weight excluding hydrogens is 304 g/mol. The summed E-state index contributed by atoms with van der Waals surface area (Å²) in [5.74, 6) is -0.134. The number of amides is 2. The summed E-state index contributed by atoms with van der Waals surface area (Å²) in [6.45, 7) is 1.02. The van der Waals surface area contributed by atoms with Crippen molar-refractivity contribution in [1.29, 1.82) is 0 Å². The van der Waals surface area contributed by atoms with Gasteiger partial charge in [-0.05, 0) is 17.5 Å². The smallest absolute Gasteiger partial charge is 0.407 e. The van der Waals surface area contributed by atoms with Gasteiger partial charge in [0.2, 0.25) is 5.91 Å². The molecule has 126 valence electrons. The van der Waals surface area contributed by atoms with Gasteiger partial charge in [0, 0.05) is 26.1 Å². The van der Waals surface area contributed by atoms with Crippen LogP contribution in [-0.2, 0) is 17.8 Å². The molecule has 0 atom stereocenters. The Morgan fingerprint density at radius 2 is 1.50 bits per heavy atom. The fraction of sp³-hybridized carbons (Fsp3) is 0.263. The fourth-order valence-corrected chi connectivity index (χ4v) is 2.36. The number of benzene rings is 2. The van der Waals surface area contributed by atoms with Gasteiger partial charge in [-0.2, -0.15) is 0 Å². The van der Waals surface area contributed by atoms with Crippen LogP contribution in [0.25, 0.3) is 0 Å². The maximum absolute atomic E-state index is 11.9. The van der Waals surface area contributed by atoms with Crippen LogP contribution >= 0.6 is 0 Å². The van der Waals surface area contributed by atoms with Crippen LogP contribution in [0.15, 0.2) is 60.7 Å². The maximum Gasteiger partial charge on any atom is 0.407 e. The first-order valence-corrected chi connectivity index (χ1v) is 7.97. The topological polar surface area (TPSA) is 69.6 Å². The molecule has 0 heterocycles. The average Bonchev–Trinajstić information content (AvgIpc) is 2.60. The van der Waals surface area contributed by atoms with Gasteiger partial charge in [0.1, 0.15) is 0 Å². The monoisotopic (exact) mass is 326 g/mol. The van der Waals surface area contributed by atoms with Crippen molar-refractivity contribution in [3.05, 3.63) is 71.8 Å². The molecule has 0 radical (unpaired) electrons. The van der Waals surface area contributed by atoms with Crippen LogP contribution in [0.5, 0.6) is 0 Å². The van der Waals surface area contributed by atoms with E-state index in [0.29, 0.717) is 6.54 Å². The molecule has 0 fully saturated rings. The minimum atomic E-state index is -1.02. The van der Waals surface area contributed by atoms with Gasteiger partial charge in [0.15, 0.2) is 0 Å². The van der Waals surface area contributed by atoms with E-state index in [-0.39, 0.29) is 25.4 Å². The molecule has 5 heteroatoms. The third-order valence-corrected chi connectivity index (χ3v) is 3.67. The standard InChI is InChI=1S/C19H22N2O3/c22-18(20-13-11-16-7-3-1-4-8-16)12-14-21(19(23)24)15-17-9-5-2-6-10-17/h1-10H,11-15H2,(H,20,22)(H,23,24). The Labute approximate surface area is 141 Å². The van der Waals surface area contributed by atoms with Crippen LogP contribution in [0.2, 0.25) is 0 Å². The molecule has 2 amide bonds. The molecule has 0 saturated heterocycles. The van der Waals surface area contributed by atoms with Crippen molar-refractivity contribution in [2.75, 3.05) is 13.1 Å². The van der Waals surface area contributed by atoms with E-state index < -0.39 is 6.09 Å². The molecule has 0 bridgehead atoms.